The van der Waals surface area contributed by atoms with Crippen LogP contribution in [0.2, 0.25) is 0 Å². The molecule has 5 heteroatoms. The average molecular weight is 337 g/mol. The summed E-state index contributed by atoms with van der Waals surface area (Å²) in [5.74, 6) is 1.16. The quantitative estimate of drug-likeness (QED) is 0.825. The van der Waals surface area contributed by atoms with Crippen molar-refractivity contribution in [2.24, 2.45) is 5.73 Å². The maximum Gasteiger partial charge on any atom is 0.0575 e. The Kier molecular flexibility index (Phi) is 7.11. The van der Waals surface area contributed by atoms with Crippen molar-refractivity contribution in [1.82, 2.24) is 4.90 Å². The van der Waals surface area contributed by atoms with E-state index in [1.54, 1.807) is 11.3 Å². The summed E-state index contributed by atoms with van der Waals surface area (Å²) < 4.78 is 1.18. The summed E-state index contributed by atoms with van der Waals surface area (Å²) in [5.41, 5.74) is 5.96. The van der Waals surface area contributed by atoms with Gasteiger partial charge in [-0.3, -0.25) is 4.90 Å². The number of thiophene rings is 1. The Balaban J connectivity index is 2.83. The molecule has 98 valence electrons. The highest BCUT2D eigenvalue weighted by Gasteiger charge is 2.24. The average Bonchev–Trinajstić information content (AvgIpc) is 2.73. The van der Waals surface area contributed by atoms with Crippen LogP contribution in [-0.2, 0) is 0 Å². The summed E-state index contributed by atoms with van der Waals surface area (Å²) in [5, 5.41) is 2.12. The van der Waals surface area contributed by atoms with Crippen LogP contribution in [0.5, 0.6) is 0 Å². The van der Waals surface area contributed by atoms with Gasteiger partial charge in [0.05, 0.1) is 6.04 Å². The molecule has 0 radical (unpaired) electrons. The van der Waals surface area contributed by atoms with Gasteiger partial charge in [-0.05, 0) is 47.1 Å². The molecule has 2 unspecified atom stereocenters. The van der Waals surface area contributed by atoms with E-state index < -0.39 is 0 Å². The zero-order chi connectivity index (χ0) is 12.8. The standard InChI is InChI=1S/C12H21BrN2S2/c1-4-9(8-16-3)15(2)11(7-14)12-10(13)5-6-17-12/h5-6,9,11H,4,7-8,14H2,1-3H3. The first-order valence-electron chi connectivity index (χ1n) is 5.79. The number of hydrogen-bond donors (Lipinski definition) is 1. The predicted molar refractivity (Wildman–Crippen MR) is 84.0 cm³/mol. The highest BCUT2D eigenvalue weighted by Crippen LogP contribution is 2.33. The summed E-state index contributed by atoms with van der Waals surface area (Å²) in [6.45, 7) is 2.91. The molecule has 0 fully saturated rings. The van der Waals surface area contributed by atoms with Gasteiger partial charge in [0.25, 0.3) is 0 Å². The van der Waals surface area contributed by atoms with Crippen molar-refractivity contribution in [3.05, 3.63) is 20.8 Å². The Bertz CT molecular complexity index is 330. The molecule has 1 aromatic heterocycles. The third-order valence-corrected chi connectivity index (χ3v) is 5.76. The lowest BCUT2D eigenvalue weighted by molar-refractivity contribution is 0.190. The van der Waals surface area contributed by atoms with Crippen molar-refractivity contribution in [2.45, 2.75) is 25.4 Å². The Morgan fingerprint density at radius 3 is 2.71 bits per heavy atom. The molecule has 1 aromatic rings. The lowest BCUT2D eigenvalue weighted by Crippen LogP contribution is -2.39. The summed E-state index contributed by atoms with van der Waals surface area (Å²) in [6.07, 6.45) is 3.33. The van der Waals surface area contributed by atoms with Crippen molar-refractivity contribution < 1.29 is 0 Å². The molecule has 17 heavy (non-hydrogen) atoms. The van der Waals surface area contributed by atoms with Crippen LogP contribution in [0.1, 0.15) is 24.3 Å². The Labute approximate surface area is 121 Å². The summed E-state index contributed by atoms with van der Waals surface area (Å²) in [7, 11) is 2.19. The first-order valence-corrected chi connectivity index (χ1v) is 8.86. The van der Waals surface area contributed by atoms with Crippen LogP contribution < -0.4 is 5.73 Å². The van der Waals surface area contributed by atoms with Gasteiger partial charge in [0.1, 0.15) is 0 Å². The number of likely N-dealkylation sites (N-methyl/N-ethyl adjacent to an activating group) is 1. The molecular weight excluding hydrogens is 316 g/mol. The van der Waals surface area contributed by atoms with Gasteiger partial charge in [-0.2, -0.15) is 11.8 Å². The van der Waals surface area contributed by atoms with Gasteiger partial charge in [0.2, 0.25) is 0 Å². The van der Waals surface area contributed by atoms with E-state index in [9.17, 15) is 0 Å². The highest BCUT2D eigenvalue weighted by molar-refractivity contribution is 9.10. The van der Waals surface area contributed by atoms with Crippen molar-refractivity contribution in [3.8, 4) is 0 Å². The number of hydrogen-bond acceptors (Lipinski definition) is 4. The smallest absolute Gasteiger partial charge is 0.0575 e. The number of thioether (sulfide) groups is 1. The Morgan fingerprint density at radius 2 is 2.29 bits per heavy atom. The van der Waals surface area contributed by atoms with Gasteiger partial charge in [-0.1, -0.05) is 6.92 Å². The highest BCUT2D eigenvalue weighted by atomic mass is 79.9. The predicted octanol–water partition coefficient (Wildman–Crippen LogP) is 3.58. The number of nitrogens with two attached hydrogens (primary N) is 1. The number of halogens is 1. The van der Waals surface area contributed by atoms with Crippen LogP contribution in [0.3, 0.4) is 0 Å². The zero-order valence-electron chi connectivity index (χ0n) is 10.6. The van der Waals surface area contributed by atoms with Crippen molar-refractivity contribution in [3.63, 3.8) is 0 Å². The molecule has 0 spiro atoms. The third kappa shape index (κ3) is 3.96. The molecule has 0 aliphatic rings. The topological polar surface area (TPSA) is 29.3 Å². The molecular formula is C12H21BrN2S2. The molecule has 0 amide bonds. The van der Waals surface area contributed by atoms with Crippen molar-refractivity contribution in [2.75, 3.05) is 25.6 Å². The second kappa shape index (κ2) is 7.79. The van der Waals surface area contributed by atoms with Gasteiger partial charge in [-0.15, -0.1) is 11.3 Å². The Morgan fingerprint density at radius 1 is 1.59 bits per heavy atom. The van der Waals surface area contributed by atoms with E-state index in [1.165, 1.54) is 9.35 Å². The van der Waals surface area contributed by atoms with Crippen LogP contribution in [0.25, 0.3) is 0 Å². The molecule has 1 rings (SSSR count). The first-order chi connectivity index (χ1) is 8.15. The lowest BCUT2D eigenvalue weighted by Gasteiger charge is -2.33. The zero-order valence-corrected chi connectivity index (χ0v) is 13.9. The van der Waals surface area contributed by atoms with Gasteiger partial charge in [0.15, 0.2) is 0 Å². The summed E-state index contributed by atoms with van der Waals surface area (Å²) >= 11 is 7.29. The van der Waals surface area contributed by atoms with Gasteiger partial charge < -0.3 is 5.73 Å². The molecule has 0 saturated heterocycles. The largest absolute Gasteiger partial charge is 0.329 e. The summed E-state index contributed by atoms with van der Waals surface area (Å²) in [6, 6.07) is 3.01. The minimum Gasteiger partial charge on any atom is -0.329 e. The fourth-order valence-electron chi connectivity index (χ4n) is 1.97. The number of nitrogens with zero attached hydrogens (tertiary/aromatic N) is 1. The molecule has 2 N–H and O–H groups in total. The van der Waals surface area contributed by atoms with E-state index in [0.717, 1.165) is 12.2 Å². The van der Waals surface area contributed by atoms with E-state index in [2.05, 4.69) is 52.5 Å². The molecule has 0 aliphatic heterocycles. The monoisotopic (exact) mass is 336 g/mol. The van der Waals surface area contributed by atoms with E-state index in [0.29, 0.717) is 18.6 Å². The van der Waals surface area contributed by atoms with Gasteiger partial charge >= 0.3 is 0 Å². The maximum absolute atomic E-state index is 5.96. The van der Waals surface area contributed by atoms with Crippen molar-refractivity contribution >= 4 is 39.0 Å². The van der Waals surface area contributed by atoms with Crippen LogP contribution in [0.15, 0.2) is 15.9 Å². The molecule has 0 bridgehead atoms. The maximum atomic E-state index is 5.96. The normalized spacial score (nSPS) is 15.2. The van der Waals surface area contributed by atoms with Crippen LogP contribution in [0, 0.1) is 0 Å². The van der Waals surface area contributed by atoms with Crippen LogP contribution >= 0.6 is 39.0 Å². The first kappa shape index (κ1) is 15.5. The second-order valence-electron chi connectivity index (χ2n) is 4.07. The molecule has 1 heterocycles. The molecule has 0 saturated carbocycles. The molecule has 2 nitrogen and oxygen atoms in total. The second-order valence-corrected chi connectivity index (χ2v) is 6.78. The van der Waals surface area contributed by atoms with Crippen molar-refractivity contribution in [1.29, 1.82) is 0 Å². The van der Waals surface area contributed by atoms with E-state index in [4.69, 9.17) is 5.73 Å². The van der Waals surface area contributed by atoms with Crippen LogP contribution in [0.4, 0.5) is 0 Å². The SMILES string of the molecule is CCC(CSC)N(C)C(CN)c1sccc1Br. The molecule has 0 aliphatic carbocycles. The Hall–Kier alpha value is 0.450. The third-order valence-electron chi connectivity index (χ3n) is 3.07. The minimum absolute atomic E-state index is 0.321. The molecule has 0 aromatic carbocycles. The summed E-state index contributed by atoms with van der Waals surface area (Å²) in [4.78, 5) is 3.77. The fraction of sp³-hybridized carbons (Fsp3) is 0.667. The number of rotatable bonds is 7. The van der Waals surface area contributed by atoms with E-state index in [-0.39, 0.29) is 0 Å². The van der Waals surface area contributed by atoms with Gasteiger partial charge in [-0.25, -0.2) is 0 Å². The fourth-order valence-corrected chi connectivity index (χ4v) is 4.63. The van der Waals surface area contributed by atoms with E-state index in [1.807, 2.05) is 11.8 Å². The van der Waals surface area contributed by atoms with E-state index >= 15 is 0 Å². The minimum atomic E-state index is 0.321. The van der Waals surface area contributed by atoms with Crippen LogP contribution in [-0.4, -0.2) is 36.5 Å². The molecule has 2 atom stereocenters. The lowest BCUT2D eigenvalue weighted by atomic mass is 10.1. The van der Waals surface area contributed by atoms with Gasteiger partial charge in [0, 0.05) is 27.7 Å².